The summed E-state index contributed by atoms with van der Waals surface area (Å²) in [4.78, 5) is 0. The van der Waals surface area contributed by atoms with Crippen LogP contribution >= 0.6 is 0 Å². The molecule has 0 aliphatic heterocycles. The summed E-state index contributed by atoms with van der Waals surface area (Å²) in [6.45, 7) is 1.98. The van der Waals surface area contributed by atoms with Crippen LogP contribution in [0, 0.1) is 18.3 Å². The van der Waals surface area contributed by atoms with Gasteiger partial charge in [0.15, 0.2) is 0 Å². The summed E-state index contributed by atoms with van der Waals surface area (Å²) in [6.07, 6.45) is 0.410. The van der Waals surface area contributed by atoms with Crippen molar-refractivity contribution in [1.29, 1.82) is 5.26 Å². The Morgan fingerprint density at radius 3 is 2.50 bits per heavy atom. The Kier molecular flexibility index (Phi) is 3.49. The molecule has 3 heteroatoms. The second kappa shape index (κ2) is 5.24. The first-order valence-electron chi connectivity index (χ1n) is 5.69. The summed E-state index contributed by atoms with van der Waals surface area (Å²) in [5.41, 5.74) is 8.58. The Hall–Kier alpha value is -2.47. The van der Waals surface area contributed by atoms with Crippen LogP contribution in [0.1, 0.15) is 11.1 Å². The number of hydrogen-bond acceptors (Lipinski definition) is 3. The van der Waals surface area contributed by atoms with Crippen molar-refractivity contribution in [3.63, 3.8) is 0 Å². The van der Waals surface area contributed by atoms with E-state index in [1.165, 1.54) is 0 Å². The van der Waals surface area contributed by atoms with E-state index in [0.29, 0.717) is 23.6 Å². The van der Waals surface area contributed by atoms with E-state index in [2.05, 4.69) is 6.07 Å². The van der Waals surface area contributed by atoms with Crippen LogP contribution in [-0.4, -0.2) is 0 Å². The van der Waals surface area contributed by atoms with Crippen molar-refractivity contribution < 1.29 is 4.74 Å². The topological polar surface area (TPSA) is 59.0 Å². The van der Waals surface area contributed by atoms with Gasteiger partial charge < -0.3 is 10.5 Å². The highest BCUT2D eigenvalue weighted by molar-refractivity contribution is 5.55. The second-order valence-corrected chi connectivity index (χ2v) is 4.12. The minimum absolute atomic E-state index is 0.410. The molecule has 0 unspecified atom stereocenters. The van der Waals surface area contributed by atoms with Gasteiger partial charge in [-0.15, -0.1) is 0 Å². The molecule has 0 spiro atoms. The number of anilines is 1. The number of hydrogen-bond donors (Lipinski definition) is 1. The van der Waals surface area contributed by atoms with Crippen molar-refractivity contribution in [2.75, 3.05) is 5.73 Å². The minimum atomic E-state index is 0.410. The summed E-state index contributed by atoms with van der Waals surface area (Å²) >= 11 is 0. The number of benzene rings is 2. The lowest BCUT2D eigenvalue weighted by atomic mass is 10.1. The van der Waals surface area contributed by atoms with E-state index in [9.17, 15) is 0 Å². The maximum atomic E-state index is 8.59. The lowest BCUT2D eigenvalue weighted by molar-refractivity contribution is 0.485. The number of aryl methyl sites for hydroxylation is 1. The number of nitrogens with zero attached hydrogens (tertiary/aromatic N) is 1. The molecule has 0 amide bonds. The maximum Gasteiger partial charge on any atom is 0.150 e. The fourth-order valence-corrected chi connectivity index (χ4v) is 1.65. The predicted octanol–water partition coefficient (Wildman–Crippen LogP) is 3.44. The summed E-state index contributed by atoms with van der Waals surface area (Å²) < 4.78 is 5.69. The zero-order valence-corrected chi connectivity index (χ0v) is 10.2. The molecule has 0 aromatic heterocycles. The number of rotatable bonds is 3. The third-order valence-electron chi connectivity index (χ3n) is 2.60. The monoisotopic (exact) mass is 238 g/mol. The van der Waals surface area contributed by atoms with Crippen LogP contribution in [0.5, 0.6) is 11.5 Å². The highest BCUT2D eigenvalue weighted by atomic mass is 16.5. The van der Waals surface area contributed by atoms with Crippen LogP contribution in [0.2, 0.25) is 0 Å². The Balaban J connectivity index is 2.16. The molecule has 18 heavy (non-hydrogen) atoms. The molecule has 0 bridgehead atoms. The number of nitrogen functional groups attached to an aromatic ring is 1. The lowest BCUT2D eigenvalue weighted by Gasteiger charge is -2.09. The van der Waals surface area contributed by atoms with Gasteiger partial charge in [0, 0.05) is 0 Å². The van der Waals surface area contributed by atoms with Crippen LogP contribution in [0.15, 0.2) is 42.5 Å². The molecule has 0 aliphatic carbocycles. The summed E-state index contributed by atoms with van der Waals surface area (Å²) in [7, 11) is 0. The first-order chi connectivity index (χ1) is 8.69. The van der Waals surface area contributed by atoms with Gasteiger partial charge in [0.1, 0.15) is 11.5 Å². The van der Waals surface area contributed by atoms with E-state index in [1.807, 2.05) is 49.4 Å². The molecular formula is C15H14N2O. The van der Waals surface area contributed by atoms with Gasteiger partial charge in [-0.1, -0.05) is 18.2 Å². The largest absolute Gasteiger partial charge is 0.455 e. The van der Waals surface area contributed by atoms with Crippen LogP contribution in [0.4, 0.5) is 5.69 Å². The van der Waals surface area contributed by atoms with Crippen molar-refractivity contribution in [3.8, 4) is 17.6 Å². The minimum Gasteiger partial charge on any atom is -0.455 e. The molecule has 0 radical (unpaired) electrons. The Labute approximate surface area is 106 Å². The van der Waals surface area contributed by atoms with E-state index >= 15 is 0 Å². The SMILES string of the molecule is Cc1ccc(Oc2ccc(CC#N)cc2)c(N)c1. The summed E-state index contributed by atoms with van der Waals surface area (Å²) in [5, 5.41) is 8.59. The molecule has 0 fully saturated rings. The molecule has 2 aromatic rings. The van der Waals surface area contributed by atoms with Crippen LogP contribution in [0.25, 0.3) is 0 Å². The highest BCUT2D eigenvalue weighted by Gasteiger charge is 2.02. The van der Waals surface area contributed by atoms with Gasteiger partial charge in [0.05, 0.1) is 18.2 Å². The average molecular weight is 238 g/mol. The third kappa shape index (κ3) is 2.80. The van der Waals surface area contributed by atoms with Gasteiger partial charge in [-0.25, -0.2) is 0 Å². The first-order valence-corrected chi connectivity index (χ1v) is 5.69. The number of nitrogens with two attached hydrogens (primary N) is 1. The normalized spacial score (nSPS) is 9.78. The summed E-state index contributed by atoms with van der Waals surface area (Å²) in [6, 6.07) is 15.2. The van der Waals surface area contributed by atoms with Crippen molar-refractivity contribution >= 4 is 5.69 Å². The fraction of sp³-hybridized carbons (Fsp3) is 0.133. The fourth-order valence-electron chi connectivity index (χ4n) is 1.65. The Morgan fingerprint density at radius 2 is 1.89 bits per heavy atom. The third-order valence-corrected chi connectivity index (χ3v) is 2.60. The van der Waals surface area contributed by atoms with E-state index in [4.69, 9.17) is 15.7 Å². The van der Waals surface area contributed by atoms with Crippen LogP contribution in [-0.2, 0) is 6.42 Å². The zero-order valence-electron chi connectivity index (χ0n) is 10.2. The predicted molar refractivity (Wildman–Crippen MR) is 71.4 cm³/mol. The summed E-state index contributed by atoms with van der Waals surface area (Å²) in [5.74, 6) is 1.36. The zero-order chi connectivity index (χ0) is 13.0. The van der Waals surface area contributed by atoms with Gasteiger partial charge in [-0.3, -0.25) is 0 Å². The van der Waals surface area contributed by atoms with Gasteiger partial charge >= 0.3 is 0 Å². The molecule has 0 saturated carbocycles. The Morgan fingerprint density at radius 1 is 1.17 bits per heavy atom. The molecule has 2 rings (SSSR count). The van der Waals surface area contributed by atoms with Gasteiger partial charge in [-0.05, 0) is 42.3 Å². The molecule has 0 heterocycles. The van der Waals surface area contributed by atoms with E-state index in [0.717, 1.165) is 11.1 Å². The maximum absolute atomic E-state index is 8.59. The molecule has 2 N–H and O–H groups in total. The average Bonchev–Trinajstić information content (AvgIpc) is 2.35. The smallest absolute Gasteiger partial charge is 0.150 e. The van der Waals surface area contributed by atoms with E-state index in [-0.39, 0.29) is 0 Å². The molecule has 0 saturated heterocycles. The lowest BCUT2D eigenvalue weighted by Crippen LogP contribution is -1.92. The standard InChI is InChI=1S/C15H14N2O/c1-11-2-7-15(14(17)10-11)18-13-5-3-12(4-6-13)8-9-16/h2-7,10H,8,17H2,1H3. The van der Waals surface area contributed by atoms with Crippen molar-refractivity contribution in [2.24, 2.45) is 0 Å². The van der Waals surface area contributed by atoms with Gasteiger partial charge in [0.2, 0.25) is 0 Å². The number of ether oxygens (including phenoxy) is 1. The van der Waals surface area contributed by atoms with Crippen molar-refractivity contribution in [2.45, 2.75) is 13.3 Å². The van der Waals surface area contributed by atoms with Crippen LogP contribution in [0.3, 0.4) is 0 Å². The van der Waals surface area contributed by atoms with E-state index < -0.39 is 0 Å². The number of nitriles is 1. The molecular weight excluding hydrogens is 224 g/mol. The second-order valence-electron chi connectivity index (χ2n) is 4.12. The van der Waals surface area contributed by atoms with Crippen molar-refractivity contribution in [3.05, 3.63) is 53.6 Å². The Bertz CT molecular complexity index is 582. The first kappa shape index (κ1) is 12.0. The molecule has 90 valence electrons. The molecule has 0 atom stereocenters. The van der Waals surface area contributed by atoms with Gasteiger partial charge in [-0.2, -0.15) is 5.26 Å². The highest BCUT2D eigenvalue weighted by Crippen LogP contribution is 2.28. The quantitative estimate of drug-likeness (QED) is 0.833. The molecule has 2 aromatic carbocycles. The van der Waals surface area contributed by atoms with Gasteiger partial charge in [0.25, 0.3) is 0 Å². The van der Waals surface area contributed by atoms with Crippen molar-refractivity contribution in [1.82, 2.24) is 0 Å². The van der Waals surface area contributed by atoms with Crippen LogP contribution < -0.4 is 10.5 Å². The molecule has 0 aliphatic rings. The molecule has 3 nitrogen and oxygen atoms in total. The van der Waals surface area contributed by atoms with E-state index in [1.54, 1.807) is 0 Å².